The summed E-state index contributed by atoms with van der Waals surface area (Å²) in [6, 6.07) is 0. The van der Waals surface area contributed by atoms with E-state index in [-0.39, 0.29) is 0 Å². The Morgan fingerprint density at radius 3 is 1.04 bits per heavy atom. The molecule has 0 aromatic rings. The fourth-order valence-corrected chi connectivity index (χ4v) is 4.50. The fourth-order valence-electron chi connectivity index (χ4n) is 3.15. The maximum atomic E-state index is 6.06. The summed E-state index contributed by atoms with van der Waals surface area (Å²) in [5, 5.41) is 0. The molecule has 2 nitrogen and oxygen atoms in total. The molecule has 0 unspecified atom stereocenters. The molecular weight excluding hydrogens is 324 g/mol. The van der Waals surface area contributed by atoms with Gasteiger partial charge in [0.2, 0.25) is 0 Å². The molecular formula is C22H48O2Si. The van der Waals surface area contributed by atoms with Gasteiger partial charge in [0.25, 0.3) is 0 Å². The number of hydrogen-bond donors (Lipinski definition) is 0. The van der Waals surface area contributed by atoms with Crippen LogP contribution in [0.3, 0.4) is 0 Å². The second-order valence-corrected chi connectivity index (χ2v) is 11.4. The van der Waals surface area contributed by atoms with Gasteiger partial charge in [-0.2, -0.15) is 0 Å². The monoisotopic (exact) mass is 372 g/mol. The van der Waals surface area contributed by atoms with Crippen molar-refractivity contribution in [3.63, 3.8) is 0 Å². The van der Waals surface area contributed by atoms with Gasteiger partial charge in [-0.3, -0.25) is 0 Å². The van der Waals surface area contributed by atoms with Gasteiger partial charge in [0, 0.05) is 13.2 Å². The minimum atomic E-state index is -1.88. The van der Waals surface area contributed by atoms with Crippen molar-refractivity contribution in [3.8, 4) is 0 Å². The van der Waals surface area contributed by atoms with Gasteiger partial charge in [0.1, 0.15) is 0 Å². The highest BCUT2D eigenvalue weighted by atomic mass is 28.4. The third-order valence-corrected chi connectivity index (χ3v) is 6.69. The van der Waals surface area contributed by atoms with E-state index in [0.717, 1.165) is 13.2 Å². The highest BCUT2D eigenvalue weighted by molar-refractivity contribution is 6.64. The van der Waals surface area contributed by atoms with E-state index in [1.807, 2.05) is 0 Å². The molecule has 0 aromatic heterocycles. The van der Waals surface area contributed by atoms with Crippen LogP contribution in [0.2, 0.25) is 13.1 Å². The maximum Gasteiger partial charge on any atom is 0.331 e. The van der Waals surface area contributed by atoms with E-state index in [2.05, 4.69) is 26.9 Å². The first-order chi connectivity index (χ1) is 12.1. The number of rotatable bonds is 20. The topological polar surface area (TPSA) is 18.5 Å². The quantitative estimate of drug-likeness (QED) is 0.159. The van der Waals surface area contributed by atoms with Crippen molar-refractivity contribution in [2.45, 2.75) is 130 Å². The molecule has 0 rings (SSSR count). The van der Waals surface area contributed by atoms with E-state index in [1.54, 1.807) is 0 Å². The third-order valence-electron chi connectivity index (χ3n) is 4.90. The van der Waals surface area contributed by atoms with Gasteiger partial charge in [-0.25, -0.2) is 0 Å². The van der Waals surface area contributed by atoms with E-state index in [1.165, 1.54) is 103 Å². The van der Waals surface area contributed by atoms with Crippen molar-refractivity contribution in [1.82, 2.24) is 0 Å². The maximum absolute atomic E-state index is 6.06. The van der Waals surface area contributed by atoms with Gasteiger partial charge in [0.15, 0.2) is 0 Å². The Labute approximate surface area is 160 Å². The van der Waals surface area contributed by atoms with Crippen LogP contribution in [0, 0.1) is 0 Å². The van der Waals surface area contributed by atoms with Crippen LogP contribution in [-0.2, 0) is 8.85 Å². The van der Waals surface area contributed by atoms with Gasteiger partial charge >= 0.3 is 8.56 Å². The first-order valence-electron chi connectivity index (χ1n) is 11.4. The van der Waals surface area contributed by atoms with E-state index in [4.69, 9.17) is 8.85 Å². The molecule has 0 heterocycles. The lowest BCUT2D eigenvalue weighted by molar-refractivity contribution is 0.172. The van der Waals surface area contributed by atoms with Crippen LogP contribution in [0.5, 0.6) is 0 Å². The molecule has 152 valence electrons. The lowest BCUT2D eigenvalue weighted by Gasteiger charge is -2.23. The van der Waals surface area contributed by atoms with Gasteiger partial charge in [-0.05, 0) is 25.9 Å². The molecule has 0 aliphatic heterocycles. The summed E-state index contributed by atoms with van der Waals surface area (Å²) in [6.45, 7) is 10.7. The molecule has 0 saturated heterocycles. The average Bonchev–Trinajstić information content (AvgIpc) is 2.59. The van der Waals surface area contributed by atoms with E-state index >= 15 is 0 Å². The van der Waals surface area contributed by atoms with Crippen LogP contribution >= 0.6 is 0 Å². The standard InChI is InChI=1S/C22H48O2Si/c1-5-7-9-11-13-15-17-19-21-23-25(3,4)24-22-20-18-16-14-12-10-8-6-2/h5-22H2,1-4H3. The van der Waals surface area contributed by atoms with E-state index < -0.39 is 8.56 Å². The van der Waals surface area contributed by atoms with Gasteiger partial charge in [-0.15, -0.1) is 0 Å². The molecule has 0 radical (unpaired) electrons. The van der Waals surface area contributed by atoms with Crippen molar-refractivity contribution >= 4 is 8.56 Å². The zero-order chi connectivity index (χ0) is 18.6. The van der Waals surface area contributed by atoms with Gasteiger partial charge in [-0.1, -0.05) is 104 Å². The van der Waals surface area contributed by atoms with Crippen molar-refractivity contribution in [3.05, 3.63) is 0 Å². The lowest BCUT2D eigenvalue weighted by atomic mass is 10.1. The summed E-state index contributed by atoms with van der Waals surface area (Å²) >= 11 is 0. The first-order valence-corrected chi connectivity index (χ1v) is 14.2. The summed E-state index contributed by atoms with van der Waals surface area (Å²) in [5.74, 6) is 0. The first kappa shape index (κ1) is 25.1. The molecule has 3 heteroatoms. The Morgan fingerprint density at radius 1 is 0.440 bits per heavy atom. The summed E-state index contributed by atoms with van der Waals surface area (Å²) in [5.41, 5.74) is 0. The van der Waals surface area contributed by atoms with Crippen molar-refractivity contribution in [1.29, 1.82) is 0 Å². The molecule has 0 aliphatic rings. The molecule has 0 aliphatic carbocycles. The van der Waals surface area contributed by atoms with E-state index in [0.29, 0.717) is 0 Å². The molecule has 0 spiro atoms. The summed E-state index contributed by atoms with van der Waals surface area (Å²) in [6.07, 6.45) is 21.7. The van der Waals surface area contributed by atoms with Gasteiger partial charge < -0.3 is 8.85 Å². The highest BCUT2D eigenvalue weighted by Crippen LogP contribution is 2.13. The van der Waals surface area contributed by atoms with Crippen molar-refractivity contribution in [2.75, 3.05) is 13.2 Å². The minimum Gasteiger partial charge on any atom is -0.395 e. The van der Waals surface area contributed by atoms with Gasteiger partial charge in [0.05, 0.1) is 0 Å². The number of hydrogen-bond acceptors (Lipinski definition) is 2. The molecule has 25 heavy (non-hydrogen) atoms. The number of unbranched alkanes of at least 4 members (excludes halogenated alkanes) is 14. The predicted molar refractivity (Wildman–Crippen MR) is 115 cm³/mol. The summed E-state index contributed by atoms with van der Waals surface area (Å²) in [4.78, 5) is 0. The largest absolute Gasteiger partial charge is 0.395 e. The predicted octanol–water partition coefficient (Wildman–Crippen LogP) is 8.00. The Morgan fingerprint density at radius 2 is 0.720 bits per heavy atom. The van der Waals surface area contributed by atoms with Crippen molar-refractivity contribution < 1.29 is 8.85 Å². The third kappa shape index (κ3) is 20.3. The van der Waals surface area contributed by atoms with Crippen molar-refractivity contribution in [2.24, 2.45) is 0 Å². The molecule has 0 saturated carbocycles. The van der Waals surface area contributed by atoms with Crippen LogP contribution in [0.15, 0.2) is 0 Å². The highest BCUT2D eigenvalue weighted by Gasteiger charge is 2.23. The lowest BCUT2D eigenvalue weighted by Crippen LogP contribution is -2.35. The summed E-state index contributed by atoms with van der Waals surface area (Å²) < 4.78 is 12.1. The second-order valence-electron chi connectivity index (χ2n) is 8.05. The fraction of sp³-hybridized carbons (Fsp3) is 1.00. The molecule has 0 N–H and O–H groups in total. The molecule has 0 atom stereocenters. The minimum absolute atomic E-state index is 0.894. The van der Waals surface area contributed by atoms with Crippen LogP contribution in [0.4, 0.5) is 0 Å². The molecule has 0 fully saturated rings. The Balaban J connectivity index is 3.32. The zero-order valence-electron chi connectivity index (χ0n) is 18.0. The van der Waals surface area contributed by atoms with Crippen LogP contribution in [-0.4, -0.2) is 21.8 Å². The smallest absolute Gasteiger partial charge is 0.331 e. The zero-order valence-corrected chi connectivity index (χ0v) is 19.0. The molecule has 0 amide bonds. The Bertz CT molecular complexity index is 232. The van der Waals surface area contributed by atoms with Crippen LogP contribution < -0.4 is 0 Å². The summed E-state index contributed by atoms with van der Waals surface area (Å²) in [7, 11) is -1.88. The van der Waals surface area contributed by atoms with Crippen LogP contribution in [0.25, 0.3) is 0 Å². The Hall–Kier alpha value is 0.137. The normalized spacial score (nSPS) is 12.0. The second kappa shape index (κ2) is 18.9. The average molecular weight is 373 g/mol. The SMILES string of the molecule is CCCCCCCCCCO[Si](C)(C)OCCCCCCCCCC. The van der Waals surface area contributed by atoms with Crippen LogP contribution in [0.1, 0.15) is 117 Å². The molecule has 0 bridgehead atoms. The Kier molecular flexibility index (Phi) is 19.0. The van der Waals surface area contributed by atoms with E-state index in [9.17, 15) is 0 Å². The molecule has 0 aromatic carbocycles.